The largest absolute Gasteiger partial charge is 0.497 e. The molecule has 0 atom stereocenters. The number of carbonyl (C=O) groups is 1. The van der Waals surface area contributed by atoms with E-state index in [4.69, 9.17) is 4.74 Å². The predicted molar refractivity (Wildman–Crippen MR) is 106 cm³/mol. The minimum Gasteiger partial charge on any atom is -0.497 e. The molecule has 2 aromatic heterocycles. The molecule has 2 N–H and O–H groups in total. The molecule has 7 nitrogen and oxygen atoms in total. The molecular weight excluding hydrogens is 356 g/mol. The Balaban J connectivity index is 1.61. The molecule has 0 fully saturated rings. The molecule has 2 heterocycles. The van der Waals surface area contributed by atoms with Crippen molar-refractivity contribution >= 4 is 5.91 Å². The summed E-state index contributed by atoms with van der Waals surface area (Å²) in [6.07, 6.45) is 2.29. The summed E-state index contributed by atoms with van der Waals surface area (Å²) < 4.78 is 5.19. The van der Waals surface area contributed by atoms with Crippen molar-refractivity contribution in [2.24, 2.45) is 0 Å². The lowest BCUT2D eigenvalue weighted by molar-refractivity contribution is -0.120. The Morgan fingerprint density at radius 1 is 1.21 bits per heavy atom. The fraction of sp³-hybridized carbons (Fsp3) is 0.238. The van der Waals surface area contributed by atoms with Crippen LogP contribution in [0.1, 0.15) is 16.8 Å². The Bertz CT molecular complexity index is 1020. The maximum atomic E-state index is 12.4. The van der Waals surface area contributed by atoms with Crippen LogP contribution >= 0.6 is 0 Å². The number of hydrogen-bond acceptors (Lipinski definition) is 5. The summed E-state index contributed by atoms with van der Waals surface area (Å²) in [5.41, 5.74) is 2.20. The molecule has 28 heavy (non-hydrogen) atoms. The number of methoxy groups -OCH3 is 1. The van der Waals surface area contributed by atoms with Crippen LogP contribution in [0.3, 0.4) is 0 Å². The number of nitrogens with one attached hydrogen (secondary N) is 2. The molecule has 0 radical (unpaired) electrons. The lowest BCUT2D eigenvalue weighted by Crippen LogP contribution is -2.30. The van der Waals surface area contributed by atoms with Crippen LogP contribution in [-0.4, -0.2) is 34.5 Å². The molecule has 144 valence electrons. The van der Waals surface area contributed by atoms with Crippen molar-refractivity contribution in [1.82, 2.24) is 20.3 Å². The number of aromatic amines is 1. The van der Waals surface area contributed by atoms with Gasteiger partial charge in [-0.25, -0.2) is 4.98 Å². The van der Waals surface area contributed by atoms with Gasteiger partial charge in [-0.15, -0.1) is 0 Å². The summed E-state index contributed by atoms with van der Waals surface area (Å²) in [6.45, 7) is 2.20. The third-order valence-electron chi connectivity index (χ3n) is 4.34. The van der Waals surface area contributed by atoms with E-state index in [2.05, 4.69) is 20.3 Å². The number of amides is 1. The fourth-order valence-electron chi connectivity index (χ4n) is 2.84. The summed E-state index contributed by atoms with van der Waals surface area (Å²) in [4.78, 5) is 36.0. The minimum absolute atomic E-state index is 0.0191. The summed E-state index contributed by atoms with van der Waals surface area (Å²) >= 11 is 0. The van der Waals surface area contributed by atoms with Crippen molar-refractivity contribution in [2.75, 3.05) is 13.7 Å². The third kappa shape index (κ3) is 4.82. The Hall–Kier alpha value is -3.48. The van der Waals surface area contributed by atoms with Gasteiger partial charge in [0.2, 0.25) is 5.91 Å². The number of H-pyrrole nitrogens is 1. The summed E-state index contributed by atoms with van der Waals surface area (Å²) in [7, 11) is 1.62. The van der Waals surface area contributed by atoms with E-state index < -0.39 is 0 Å². The first-order chi connectivity index (χ1) is 13.6. The lowest BCUT2D eigenvalue weighted by Gasteiger charge is -2.09. The van der Waals surface area contributed by atoms with Gasteiger partial charge in [-0.1, -0.05) is 18.2 Å². The first kappa shape index (κ1) is 19.3. The molecule has 0 aliphatic rings. The smallest absolute Gasteiger partial charge is 0.255 e. The third-order valence-corrected chi connectivity index (χ3v) is 4.34. The van der Waals surface area contributed by atoms with Crippen molar-refractivity contribution in [3.63, 3.8) is 0 Å². The molecular formula is C21H22N4O3. The summed E-state index contributed by atoms with van der Waals surface area (Å²) in [5.74, 6) is 0.958. The van der Waals surface area contributed by atoms with Gasteiger partial charge in [0.25, 0.3) is 5.56 Å². The normalized spacial score (nSPS) is 10.5. The SMILES string of the molecule is COc1cccc(CCNC(=O)Cc2c(C)nc(-c3ccccn3)[nH]c2=O)c1. The Kier molecular flexibility index (Phi) is 6.16. The molecule has 0 saturated carbocycles. The first-order valence-corrected chi connectivity index (χ1v) is 8.97. The molecule has 1 aromatic carbocycles. The molecule has 0 unspecified atom stereocenters. The van der Waals surface area contributed by atoms with E-state index in [-0.39, 0.29) is 17.9 Å². The number of hydrogen-bond donors (Lipinski definition) is 2. The summed E-state index contributed by atoms with van der Waals surface area (Å²) in [5, 5.41) is 2.85. The van der Waals surface area contributed by atoms with Crippen molar-refractivity contribution in [2.45, 2.75) is 19.8 Å². The minimum atomic E-state index is -0.323. The van der Waals surface area contributed by atoms with Crippen LogP contribution in [0, 0.1) is 6.92 Å². The van der Waals surface area contributed by atoms with Crippen molar-refractivity contribution in [3.05, 3.63) is 75.8 Å². The number of nitrogens with zero attached hydrogens (tertiary/aromatic N) is 2. The van der Waals surface area contributed by atoms with Crippen LogP contribution in [0.2, 0.25) is 0 Å². The van der Waals surface area contributed by atoms with Gasteiger partial charge in [0.05, 0.1) is 13.5 Å². The highest BCUT2D eigenvalue weighted by Gasteiger charge is 2.13. The quantitative estimate of drug-likeness (QED) is 0.656. The van der Waals surface area contributed by atoms with E-state index in [0.29, 0.717) is 35.7 Å². The van der Waals surface area contributed by atoms with Gasteiger partial charge in [0.15, 0.2) is 5.82 Å². The van der Waals surface area contributed by atoms with Crippen molar-refractivity contribution in [3.8, 4) is 17.3 Å². The zero-order valence-electron chi connectivity index (χ0n) is 15.9. The molecule has 0 saturated heterocycles. The molecule has 3 aromatic rings. The maximum Gasteiger partial charge on any atom is 0.255 e. The second-order valence-electron chi connectivity index (χ2n) is 6.32. The Morgan fingerprint density at radius 3 is 2.79 bits per heavy atom. The number of rotatable bonds is 7. The highest BCUT2D eigenvalue weighted by molar-refractivity contribution is 5.78. The van der Waals surface area contributed by atoms with E-state index in [1.54, 1.807) is 32.4 Å². The molecule has 7 heteroatoms. The zero-order chi connectivity index (χ0) is 19.9. The van der Waals surface area contributed by atoms with Gasteiger partial charge in [-0.05, 0) is 43.2 Å². The fourth-order valence-corrected chi connectivity index (χ4v) is 2.84. The molecule has 1 amide bonds. The van der Waals surface area contributed by atoms with E-state index in [1.165, 1.54) is 0 Å². The van der Waals surface area contributed by atoms with Crippen LogP contribution in [0.15, 0.2) is 53.5 Å². The average molecular weight is 378 g/mol. The second kappa shape index (κ2) is 8.94. The zero-order valence-corrected chi connectivity index (χ0v) is 15.9. The second-order valence-corrected chi connectivity index (χ2v) is 6.32. The highest BCUT2D eigenvalue weighted by Crippen LogP contribution is 2.13. The highest BCUT2D eigenvalue weighted by atomic mass is 16.5. The predicted octanol–water partition coefficient (Wildman–Crippen LogP) is 2.05. The topological polar surface area (TPSA) is 97.0 Å². The van der Waals surface area contributed by atoms with Gasteiger partial charge in [-0.3, -0.25) is 14.6 Å². The van der Waals surface area contributed by atoms with Crippen LogP contribution in [0.25, 0.3) is 11.5 Å². The maximum absolute atomic E-state index is 12.4. The van der Waals surface area contributed by atoms with Gasteiger partial charge in [0, 0.05) is 24.0 Å². The van der Waals surface area contributed by atoms with E-state index >= 15 is 0 Å². The van der Waals surface area contributed by atoms with Gasteiger partial charge >= 0.3 is 0 Å². The summed E-state index contributed by atoms with van der Waals surface area (Å²) in [6, 6.07) is 13.1. The van der Waals surface area contributed by atoms with Crippen molar-refractivity contribution < 1.29 is 9.53 Å². The molecule has 0 aliphatic carbocycles. The Labute approximate surface area is 162 Å². The number of pyridine rings is 1. The molecule has 0 bridgehead atoms. The number of aryl methyl sites for hydroxylation is 1. The van der Waals surface area contributed by atoms with E-state index in [9.17, 15) is 9.59 Å². The van der Waals surface area contributed by atoms with Gasteiger partial charge in [0.1, 0.15) is 11.4 Å². The first-order valence-electron chi connectivity index (χ1n) is 8.97. The molecule has 0 spiro atoms. The number of benzene rings is 1. The lowest BCUT2D eigenvalue weighted by atomic mass is 10.1. The molecule has 0 aliphatic heterocycles. The number of carbonyl (C=O) groups excluding carboxylic acids is 1. The average Bonchev–Trinajstić information content (AvgIpc) is 2.71. The van der Waals surface area contributed by atoms with Gasteiger partial charge < -0.3 is 15.0 Å². The van der Waals surface area contributed by atoms with Crippen LogP contribution < -0.4 is 15.6 Å². The Morgan fingerprint density at radius 2 is 2.07 bits per heavy atom. The van der Waals surface area contributed by atoms with Crippen LogP contribution in [0.5, 0.6) is 5.75 Å². The van der Waals surface area contributed by atoms with Crippen molar-refractivity contribution in [1.29, 1.82) is 0 Å². The van der Waals surface area contributed by atoms with Crippen LogP contribution in [0.4, 0.5) is 0 Å². The van der Waals surface area contributed by atoms with Crippen LogP contribution in [-0.2, 0) is 17.6 Å². The molecule has 3 rings (SSSR count). The monoisotopic (exact) mass is 378 g/mol. The van der Waals surface area contributed by atoms with Gasteiger partial charge in [-0.2, -0.15) is 0 Å². The van der Waals surface area contributed by atoms with E-state index in [1.807, 2.05) is 30.3 Å². The van der Waals surface area contributed by atoms with E-state index in [0.717, 1.165) is 11.3 Å². The standard InChI is InChI=1S/C21H22N4O3/c1-14-17(21(27)25-20(24-14)18-8-3-4-10-22-18)13-19(26)23-11-9-15-6-5-7-16(12-15)28-2/h3-8,10,12H,9,11,13H2,1-2H3,(H,23,26)(H,24,25,27). The number of aromatic nitrogens is 3. The number of ether oxygens (including phenoxy) is 1.